The maximum absolute atomic E-state index is 13.1. The van der Waals surface area contributed by atoms with Gasteiger partial charge in [0.1, 0.15) is 11.5 Å². The number of aliphatic hydroxyl groups is 1. The van der Waals surface area contributed by atoms with Crippen molar-refractivity contribution in [1.82, 2.24) is 4.90 Å². The standard InChI is InChI=1S/C26H31NO5/c1-6-17-7-9-18(10-8-17)23-22(25(29)26(30)27(23)13-14-31-4)24(28)19-11-12-21(32-5)20(15-19)16(2)3/h7-12,15-16,23,28H,6,13-14H2,1-5H3/b24-22-. The second-order valence-electron chi connectivity index (χ2n) is 8.19. The fraction of sp³-hybridized carbons (Fsp3) is 0.385. The molecule has 0 radical (unpaired) electrons. The van der Waals surface area contributed by atoms with E-state index in [0.29, 0.717) is 11.3 Å². The minimum absolute atomic E-state index is 0.0928. The Balaban J connectivity index is 2.17. The molecule has 0 aliphatic carbocycles. The van der Waals surface area contributed by atoms with Gasteiger partial charge in [0.2, 0.25) is 0 Å². The summed E-state index contributed by atoms with van der Waals surface area (Å²) in [6.45, 7) is 6.66. The number of hydrogen-bond donors (Lipinski definition) is 1. The average Bonchev–Trinajstić information content (AvgIpc) is 3.06. The van der Waals surface area contributed by atoms with Crippen molar-refractivity contribution in [2.45, 2.75) is 39.2 Å². The zero-order valence-electron chi connectivity index (χ0n) is 19.3. The van der Waals surface area contributed by atoms with Gasteiger partial charge in [-0.25, -0.2) is 0 Å². The van der Waals surface area contributed by atoms with Crippen LogP contribution in [0.4, 0.5) is 0 Å². The predicted molar refractivity (Wildman–Crippen MR) is 124 cm³/mol. The molecule has 0 spiro atoms. The van der Waals surface area contributed by atoms with Crippen LogP contribution in [-0.2, 0) is 20.7 Å². The van der Waals surface area contributed by atoms with Crippen molar-refractivity contribution in [3.8, 4) is 5.75 Å². The summed E-state index contributed by atoms with van der Waals surface area (Å²) in [5, 5.41) is 11.3. The molecule has 170 valence electrons. The van der Waals surface area contributed by atoms with E-state index in [1.54, 1.807) is 26.4 Å². The number of benzene rings is 2. The maximum Gasteiger partial charge on any atom is 0.295 e. The second-order valence-corrected chi connectivity index (χ2v) is 8.19. The lowest BCUT2D eigenvalue weighted by atomic mass is 9.92. The van der Waals surface area contributed by atoms with E-state index in [4.69, 9.17) is 9.47 Å². The summed E-state index contributed by atoms with van der Waals surface area (Å²) in [6.07, 6.45) is 0.883. The van der Waals surface area contributed by atoms with Crippen LogP contribution in [0, 0.1) is 0 Å². The molecule has 2 aromatic rings. The zero-order chi connectivity index (χ0) is 23.4. The van der Waals surface area contributed by atoms with Gasteiger partial charge in [0.05, 0.1) is 25.3 Å². The molecular formula is C26H31NO5. The van der Waals surface area contributed by atoms with Crippen molar-refractivity contribution in [2.75, 3.05) is 27.4 Å². The monoisotopic (exact) mass is 437 g/mol. The van der Waals surface area contributed by atoms with Gasteiger partial charge in [-0.2, -0.15) is 0 Å². The fourth-order valence-electron chi connectivity index (χ4n) is 4.07. The molecule has 0 saturated carbocycles. The Morgan fingerprint density at radius 3 is 2.34 bits per heavy atom. The van der Waals surface area contributed by atoms with E-state index in [1.165, 1.54) is 4.90 Å². The number of likely N-dealkylation sites (tertiary alicyclic amines) is 1. The van der Waals surface area contributed by atoms with E-state index in [1.807, 2.05) is 44.2 Å². The first-order valence-electron chi connectivity index (χ1n) is 10.9. The van der Waals surface area contributed by atoms with Crippen LogP contribution < -0.4 is 4.74 Å². The smallest absolute Gasteiger partial charge is 0.295 e. The van der Waals surface area contributed by atoms with E-state index in [2.05, 4.69) is 6.92 Å². The summed E-state index contributed by atoms with van der Waals surface area (Å²) in [5.41, 5.74) is 3.41. The van der Waals surface area contributed by atoms with Crippen molar-refractivity contribution >= 4 is 17.4 Å². The SMILES string of the molecule is CCc1ccc(C2/C(=C(/O)c3ccc(OC)c(C(C)C)c3)C(=O)C(=O)N2CCOC)cc1. The minimum Gasteiger partial charge on any atom is -0.507 e. The number of methoxy groups -OCH3 is 2. The van der Waals surface area contributed by atoms with Crippen molar-refractivity contribution in [2.24, 2.45) is 0 Å². The van der Waals surface area contributed by atoms with E-state index in [0.717, 1.165) is 23.1 Å². The first kappa shape index (κ1) is 23.5. The van der Waals surface area contributed by atoms with Gasteiger partial charge >= 0.3 is 0 Å². The van der Waals surface area contributed by atoms with Crippen LogP contribution in [-0.4, -0.2) is 49.1 Å². The summed E-state index contributed by atoms with van der Waals surface area (Å²) in [5.74, 6) is -0.642. The lowest BCUT2D eigenvalue weighted by molar-refractivity contribution is -0.140. The normalized spacial score (nSPS) is 17.9. The minimum atomic E-state index is -0.690. The number of Topliss-reactive ketones (excluding diaryl/α,β-unsaturated/α-hetero) is 1. The van der Waals surface area contributed by atoms with Crippen LogP contribution in [0.5, 0.6) is 5.75 Å². The fourth-order valence-corrected chi connectivity index (χ4v) is 4.07. The zero-order valence-corrected chi connectivity index (χ0v) is 19.3. The Hall–Kier alpha value is -3.12. The third kappa shape index (κ3) is 4.41. The highest BCUT2D eigenvalue weighted by molar-refractivity contribution is 6.46. The predicted octanol–water partition coefficient (Wildman–Crippen LogP) is 4.45. The van der Waals surface area contributed by atoms with Crippen molar-refractivity contribution in [3.05, 3.63) is 70.3 Å². The molecule has 1 amide bonds. The Labute approximate surface area is 189 Å². The number of carbonyl (C=O) groups is 2. The number of amides is 1. The molecule has 1 atom stereocenters. The van der Waals surface area contributed by atoms with Crippen LogP contribution in [0.3, 0.4) is 0 Å². The maximum atomic E-state index is 13.1. The van der Waals surface area contributed by atoms with E-state index >= 15 is 0 Å². The second kappa shape index (κ2) is 10.0. The molecule has 1 unspecified atom stereocenters. The van der Waals surface area contributed by atoms with Crippen LogP contribution in [0.15, 0.2) is 48.0 Å². The number of hydrogen-bond acceptors (Lipinski definition) is 5. The van der Waals surface area contributed by atoms with Gasteiger partial charge in [0.25, 0.3) is 11.7 Å². The largest absolute Gasteiger partial charge is 0.507 e. The molecule has 1 heterocycles. The molecule has 3 rings (SSSR count). The molecule has 0 bridgehead atoms. The third-order valence-electron chi connectivity index (χ3n) is 5.91. The van der Waals surface area contributed by atoms with Gasteiger partial charge in [0.15, 0.2) is 0 Å². The molecule has 6 heteroatoms. The molecule has 2 aromatic carbocycles. The van der Waals surface area contributed by atoms with Crippen molar-refractivity contribution in [3.63, 3.8) is 0 Å². The topological polar surface area (TPSA) is 76.1 Å². The van der Waals surface area contributed by atoms with E-state index < -0.39 is 17.7 Å². The third-order valence-corrected chi connectivity index (χ3v) is 5.91. The first-order chi connectivity index (χ1) is 15.3. The highest BCUT2D eigenvalue weighted by Gasteiger charge is 2.45. The molecular weight excluding hydrogens is 406 g/mol. The number of ketones is 1. The number of carbonyl (C=O) groups excluding carboxylic acids is 2. The van der Waals surface area contributed by atoms with Crippen LogP contribution >= 0.6 is 0 Å². The van der Waals surface area contributed by atoms with Gasteiger partial charge < -0.3 is 19.5 Å². The van der Waals surface area contributed by atoms with Gasteiger partial charge in [-0.05, 0) is 47.2 Å². The van der Waals surface area contributed by atoms with Crippen molar-refractivity contribution in [1.29, 1.82) is 0 Å². The van der Waals surface area contributed by atoms with Crippen LogP contribution in [0.25, 0.3) is 5.76 Å². The first-order valence-corrected chi connectivity index (χ1v) is 10.9. The Bertz CT molecular complexity index is 1020. The number of ether oxygens (including phenoxy) is 2. The molecule has 1 aliphatic rings. The molecule has 1 aliphatic heterocycles. The Kier molecular flexibility index (Phi) is 7.36. The molecule has 32 heavy (non-hydrogen) atoms. The Morgan fingerprint density at radius 2 is 1.78 bits per heavy atom. The summed E-state index contributed by atoms with van der Waals surface area (Å²) in [7, 11) is 3.15. The summed E-state index contributed by atoms with van der Waals surface area (Å²) in [4.78, 5) is 27.4. The molecule has 1 fully saturated rings. The molecule has 1 saturated heterocycles. The number of aryl methyl sites for hydroxylation is 1. The molecule has 0 aromatic heterocycles. The van der Waals surface area contributed by atoms with Gasteiger partial charge in [0, 0.05) is 19.2 Å². The highest BCUT2D eigenvalue weighted by atomic mass is 16.5. The van der Waals surface area contributed by atoms with Crippen molar-refractivity contribution < 1.29 is 24.2 Å². The summed E-state index contributed by atoms with van der Waals surface area (Å²) in [6, 6.07) is 12.4. The van der Waals surface area contributed by atoms with E-state index in [-0.39, 0.29) is 30.4 Å². The quantitative estimate of drug-likeness (QED) is 0.375. The average molecular weight is 438 g/mol. The number of rotatable bonds is 8. The van der Waals surface area contributed by atoms with Gasteiger partial charge in [-0.15, -0.1) is 0 Å². The van der Waals surface area contributed by atoms with Gasteiger partial charge in [-0.1, -0.05) is 45.0 Å². The van der Waals surface area contributed by atoms with Gasteiger partial charge in [-0.3, -0.25) is 9.59 Å². The number of aliphatic hydroxyl groups excluding tert-OH is 1. The molecule has 1 N–H and O–H groups in total. The highest BCUT2D eigenvalue weighted by Crippen LogP contribution is 2.40. The van der Waals surface area contributed by atoms with Crippen LogP contribution in [0.1, 0.15) is 55.0 Å². The molecule has 6 nitrogen and oxygen atoms in total. The lowest BCUT2D eigenvalue weighted by Gasteiger charge is -2.25. The lowest BCUT2D eigenvalue weighted by Crippen LogP contribution is -2.32. The van der Waals surface area contributed by atoms with E-state index in [9.17, 15) is 14.7 Å². The summed E-state index contributed by atoms with van der Waals surface area (Å²) >= 11 is 0. The summed E-state index contributed by atoms with van der Waals surface area (Å²) < 4.78 is 10.6. The number of nitrogens with zero attached hydrogens (tertiary/aromatic N) is 1. The van der Waals surface area contributed by atoms with Crippen LogP contribution in [0.2, 0.25) is 0 Å². The Morgan fingerprint density at radius 1 is 1.09 bits per heavy atom.